The number of fused-ring (bicyclic) bond motifs is 5. The smallest absolute Gasteiger partial charge is 0.305 e. The molecule has 160 valence electrons. The highest BCUT2D eigenvalue weighted by Crippen LogP contribution is 2.68. The van der Waals surface area contributed by atoms with Crippen LogP contribution in [0, 0.1) is 46.3 Å². The second-order valence-corrected chi connectivity index (χ2v) is 11.1. The maximum absolute atomic E-state index is 11.9. The predicted molar refractivity (Wildman–Crippen MR) is 108 cm³/mol. The molecule has 10 atom stereocenters. The topological polar surface area (TPSA) is 66.8 Å². The maximum atomic E-state index is 11.9. The minimum absolute atomic E-state index is 0.0774. The lowest BCUT2D eigenvalue weighted by atomic mass is 9.43. The average molecular weight is 393 g/mol. The molecule has 0 aromatic rings. The third kappa shape index (κ3) is 2.96. The van der Waals surface area contributed by atoms with Gasteiger partial charge in [0.15, 0.2) is 0 Å². The minimum Gasteiger partial charge on any atom is -0.469 e. The summed E-state index contributed by atoms with van der Waals surface area (Å²) in [5.74, 6) is 2.98. The first-order valence-electron chi connectivity index (χ1n) is 11.6. The second-order valence-electron chi connectivity index (χ2n) is 11.1. The number of carbonyl (C=O) groups is 1. The summed E-state index contributed by atoms with van der Waals surface area (Å²) in [5.41, 5.74) is 0.201. The number of hydrogen-bond donors (Lipinski definition) is 2. The molecule has 0 amide bonds. The summed E-state index contributed by atoms with van der Waals surface area (Å²) in [7, 11) is 1.47. The van der Waals surface area contributed by atoms with Gasteiger partial charge < -0.3 is 14.9 Å². The number of rotatable bonds is 3. The van der Waals surface area contributed by atoms with E-state index in [0.717, 1.165) is 32.1 Å². The van der Waals surface area contributed by atoms with Crippen molar-refractivity contribution in [3.8, 4) is 0 Å². The van der Waals surface area contributed by atoms with Crippen molar-refractivity contribution in [3.05, 3.63) is 0 Å². The van der Waals surface area contributed by atoms with Crippen molar-refractivity contribution in [1.82, 2.24) is 0 Å². The Bertz CT molecular complexity index is 605. The molecule has 4 aliphatic carbocycles. The fourth-order valence-corrected chi connectivity index (χ4v) is 8.65. The van der Waals surface area contributed by atoms with Crippen molar-refractivity contribution in [2.45, 2.75) is 90.8 Å². The molecule has 4 nitrogen and oxygen atoms in total. The number of aliphatic hydroxyl groups excluding tert-OH is 2. The molecule has 0 bridgehead atoms. The van der Waals surface area contributed by atoms with Gasteiger partial charge in [0.25, 0.3) is 0 Å². The second kappa shape index (κ2) is 7.27. The van der Waals surface area contributed by atoms with Crippen molar-refractivity contribution in [3.63, 3.8) is 0 Å². The van der Waals surface area contributed by atoms with Gasteiger partial charge in [-0.2, -0.15) is 0 Å². The van der Waals surface area contributed by atoms with Crippen LogP contribution in [0.2, 0.25) is 0 Å². The van der Waals surface area contributed by atoms with E-state index in [-0.39, 0.29) is 34.9 Å². The van der Waals surface area contributed by atoms with E-state index in [1.807, 2.05) is 0 Å². The Morgan fingerprint density at radius 1 is 1.07 bits per heavy atom. The third-order valence-electron chi connectivity index (χ3n) is 10.2. The Hall–Kier alpha value is -0.610. The molecule has 4 aliphatic rings. The van der Waals surface area contributed by atoms with Gasteiger partial charge in [0, 0.05) is 6.42 Å². The first-order chi connectivity index (χ1) is 13.2. The molecule has 0 saturated heterocycles. The molecule has 2 N–H and O–H groups in total. The molecule has 0 unspecified atom stereocenters. The van der Waals surface area contributed by atoms with Crippen molar-refractivity contribution < 1.29 is 19.7 Å². The zero-order chi connectivity index (χ0) is 20.3. The number of methoxy groups -OCH3 is 1. The highest BCUT2D eigenvalue weighted by atomic mass is 16.5. The van der Waals surface area contributed by atoms with Gasteiger partial charge in [-0.25, -0.2) is 0 Å². The van der Waals surface area contributed by atoms with E-state index in [1.165, 1.54) is 26.4 Å². The van der Waals surface area contributed by atoms with Crippen LogP contribution in [0.25, 0.3) is 0 Å². The largest absolute Gasteiger partial charge is 0.469 e. The number of ether oxygens (including phenoxy) is 1. The summed E-state index contributed by atoms with van der Waals surface area (Å²) in [6.07, 6.45) is 8.75. The van der Waals surface area contributed by atoms with E-state index < -0.39 is 0 Å². The van der Waals surface area contributed by atoms with Crippen molar-refractivity contribution in [1.29, 1.82) is 0 Å². The third-order valence-corrected chi connectivity index (χ3v) is 10.2. The van der Waals surface area contributed by atoms with Crippen LogP contribution in [-0.4, -0.2) is 35.5 Å². The van der Waals surface area contributed by atoms with Crippen LogP contribution in [0.15, 0.2) is 0 Å². The molecule has 28 heavy (non-hydrogen) atoms. The predicted octanol–water partition coefficient (Wildman–Crippen LogP) is 4.18. The molecular formula is C24H40O4. The summed E-state index contributed by atoms with van der Waals surface area (Å²) < 4.78 is 4.92. The fourth-order valence-electron chi connectivity index (χ4n) is 8.65. The van der Waals surface area contributed by atoms with E-state index in [4.69, 9.17) is 4.74 Å². The molecule has 4 heteroatoms. The molecule has 4 rings (SSSR count). The normalized spacial score (nSPS) is 51.6. The molecule has 0 radical (unpaired) electrons. The first-order valence-corrected chi connectivity index (χ1v) is 11.6. The van der Waals surface area contributed by atoms with Gasteiger partial charge in [-0.05, 0) is 97.7 Å². The van der Waals surface area contributed by atoms with E-state index in [0.29, 0.717) is 36.0 Å². The van der Waals surface area contributed by atoms with Crippen LogP contribution in [0.1, 0.15) is 78.6 Å². The molecule has 4 saturated carbocycles. The molecular weight excluding hydrogens is 352 g/mol. The van der Waals surface area contributed by atoms with Crippen LogP contribution < -0.4 is 0 Å². The zero-order valence-electron chi connectivity index (χ0n) is 18.2. The Morgan fingerprint density at radius 2 is 1.82 bits per heavy atom. The summed E-state index contributed by atoms with van der Waals surface area (Å²) in [5, 5.41) is 21.7. The van der Waals surface area contributed by atoms with Crippen LogP contribution in [0.4, 0.5) is 0 Å². The van der Waals surface area contributed by atoms with E-state index in [9.17, 15) is 15.0 Å². The van der Waals surface area contributed by atoms with Gasteiger partial charge in [-0.1, -0.05) is 20.8 Å². The lowest BCUT2D eigenvalue weighted by Gasteiger charge is -2.62. The molecule has 0 aromatic carbocycles. The average Bonchev–Trinajstić information content (AvgIpc) is 3.02. The van der Waals surface area contributed by atoms with E-state index >= 15 is 0 Å². The number of carbonyl (C=O) groups excluding carboxylic acids is 1. The van der Waals surface area contributed by atoms with Crippen molar-refractivity contribution in [2.75, 3.05) is 7.11 Å². The van der Waals surface area contributed by atoms with E-state index in [2.05, 4.69) is 20.8 Å². The Balaban J connectivity index is 1.58. The van der Waals surface area contributed by atoms with Gasteiger partial charge in [-0.15, -0.1) is 0 Å². The quantitative estimate of drug-likeness (QED) is 0.707. The van der Waals surface area contributed by atoms with Crippen LogP contribution in [0.5, 0.6) is 0 Å². The zero-order valence-corrected chi connectivity index (χ0v) is 18.2. The van der Waals surface area contributed by atoms with Gasteiger partial charge in [0.2, 0.25) is 0 Å². The number of esters is 1. The molecule has 0 aromatic heterocycles. The number of hydrogen-bond acceptors (Lipinski definition) is 4. The van der Waals surface area contributed by atoms with Crippen LogP contribution in [-0.2, 0) is 9.53 Å². The van der Waals surface area contributed by atoms with Gasteiger partial charge in [0.1, 0.15) is 0 Å². The summed E-state index contributed by atoms with van der Waals surface area (Å²) in [6, 6.07) is 0. The van der Waals surface area contributed by atoms with Crippen LogP contribution in [0.3, 0.4) is 0 Å². The molecule has 4 fully saturated rings. The maximum Gasteiger partial charge on any atom is 0.305 e. The lowest BCUT2D eigenvalue weighted by molar-refractivity contribution is -0.175. The summed E-state index contributed by atoms with van der Waals surface area (Å²) in [6.45, 7) is 6.96. The Morgan fingerprint density at radius 3 is 2.54 bits per heavy atom. The molecule has 0 aliphatic heterocycles. The first kappa shape index (κ1) is 20.7. The lowest BCUT2D eigenvalue weighted by Crippen LogP contribution is -2.58. The SMILES string of the molecule is COC(=O)C[C@H](C)[C@@H]1CC[C@@H]2[C@@H]3CC[C@@H]4C[C@H](O)CC[C@]4(C)[C@H]3C[C@H](O)[C@@]21C. The fraction of sp³-hybridized carbons (Fsp3) is 0.958. The molecule has 0 heterocycles. The van der Waals surface area contributed by atoms with Crippen molar-refractivity contribution >= 4 is 5.97 Å². The highest BCUT2D eigenvalue weighted by molar-refractivity contribution is 5.69. The summed E-state index contributed by atoms with van der Waals surface area (Å²) in [4.78, 5) is 11.9. The van der Waals surface area contributed by atoms with Crippen LogP contribution >= 0.6 is 0 Å². The number of aliphatic hydroxyl groups is 2. The highest BCUT2D eigenvalue weighted by Gasteiger charge is 2.63. The monoisotopic (exact) mass is 392 g/mol. The van der Waals surface area contributed by atoms with Gasteiger partial charge in [-0.3, -0.25) is 4.79 Å². The Kier molecular flexibility index (Phi) is 5.36. The minimum atomic E-state index is -0.284. The van der Waals surface area contributed by atoms with Gasteiger partial charge >= 0.3 is 5.97 Å². The molecule has 0 spiro atoms. The Labute approximate surface area is 170 Å². The van der Waals surface area contributed by atoms with Crippen molar-refractivity contribution in [2.24, 2.45) is 46.3 Å². The summed E-state index contributed by atoms with van der Waals surface area (Å²) >= 11 is 0. The van der Waals surface area contributed by atoms with E-state index in [1.54, 1.807) is 0 Å². The van der Waals surface area contributed by atoms with Gasteiger partial charge in [0.05, 0.1) is 19.3 Å². The standard InChI is InChI=1S/C24H40O4/c1-14(11-22(27)28-4)18-7-8-19-17-6-5-15-12-16(25)9-10-23(15,2)20(17)13-21(26)24(18,19)3/h14-21,25-26H,5-13H2,1-4H3/t14-,15+,16+,17-,18-,19+,20-,21-,23-,24+/m0/s1.